The van der Waals surface area contributed by atoms with E-state index in [4.69, 9.17) is 16.6 Å². The lowest BCUT2D eigenvalue weighted by molar-refractivity contribution is 1.19. The third-order valence-electron chi connectivity index (χ3n) is 7.82. The number of benzene rings is 6. The van der Waals surface area contributed by atoms with E-state index in [1.54, 1.807) is 4.40 Å². The van der Waals surface area contributed by atoms with Crippen LogP contribution >= 0.6 is 11.6 Å². The van der Waals surface area contributed by atoms with Crippen LogP contribution in [0.4, 0.5) is 0 Å². The summed E-state index contributed by atoms with van der Waals surface area (Å²) in [5, 5.41) is 3.88. The molecule has 3 nitrogen and oxygen atoms in total. The molecule has 0 N–H and O–H groups in total. The molecule has 2 heterocycles. The molecule has 8 rings (SSSR count). The van der Waals surface area contributed by atoms with E-state index in [0.29, 0.717) is 16.1 Å². The highest BCUT2D eigenvalue weighted by molar-refractivity contribution is 6.39. The van der Waals surface area contributed by atoms with Gasteiger partial charge >= 0.3 is 0 Å². The summed E-state index contributed by atoms with van der Waals surface area (Å²) in [4.78, 5) is 19.5. The summed E-state index contributed by atoms with van der Waals surface area (Å²) in [6.45, 7) is 0. The molecule has 0 aliphatic carbocycles. The fourth-order valence-corrected chi connectivity index (χ4v) is 6.25. The van der Waals surface area contributed by atoms with Gasteiger partial charge in [-0.05, 0) is 58.1 Å². The molecular formula is C36H21ClN2O. The van der Waals surface area contributed by atoms with Crippen molar-refractivity contribution >= 4 is 49.8 Å². The topological polar surface area (TPSA) is 34.4 Å². The lowest BCUT2D eigenvalue weighted by Gasteiger charge is -2.13. The highest BCUT2D eigenvalue weighted by atomic mass is 35.5. The minimum absolute atomic E-state index is 0.0962. The molecule has 8 aromatic rings. The van der Waals surface area contributed by atoms with Crippen LogP contribution in [0.1, 0.15) is 0 Å². The first-order chi connectivity index (χ1) is 19.7. The molecule has 0 radical (unpaired) electrons. The number of hydrogen-bond donors (Lipinski definition) is 0. The van der Waals surface area contributed by atoms with Gasteiger partial charge < -0.3 is 0 Å². The van der Waals surface area contributed by atoms with Crippen molar-refractivity contribution < 1.29 is 0 Å². The average molecular weight is 533 g/mol. The van der Waals surface area contributed by atoms with Crippen molar-refractivity contribution in [2.75, 3.05) is 0 Å². The monoisotopic (exact) mass is 532 g/mol. The average Bonchev–Trinajstić information content (AvgIpc) is 3.41. The van der Waals surface area contributed by atoms with Gasteiger partial charge in [-0.25, -0.2) is 4.98 Å². The van der Waals surface area contributed by atoms with Gasteiger partial charge in [-0.1, -0.05) is 109 Å². The molecule has 0 saturated carbocycles. The maximum absolute atomic E-state index is 14.3. The SMILES string of the molecule is O=c1c2ccc(Cl)c3c(-c4ccccc4)ccc(c32)c2nc3c(-c4ccccc4)cc(-c4ccccc4)cc3n12. The van der Waals surface area contributed by atoms with Crippen molar-refractivity contribution in [1.29, 1.82) is 0 Å². The van der Waals surface area contributed by atoms with Crippen molar-refractivity contribution in [3.8, 4) is 33.4 Å². The van der Waals surface area contributed by atoms with E-state index >= 15 is 0 Å². The maximum atomic E-state index is 14.3. The molecule has 0 saturated heterocycles. The molecule has 188 valence electrons. The van der Waals surface area contributed by atoms with E-state index < -0.39 is 0 Å². The van der Waals surface area contributed by atoms with Crippen molar-refractivity contribution in [2.45, 2.75) is 0 Å². The molecule has 0 aliphatic rings. The zero-order valence-electron chi connectivity index (χ0n) is 21.3. The first-order valence-electron chi connectivity index (χ1n) is 13.2. The van der Waals surface area contributed by atoms with Crippen LogP contribution in [0.25, 0.3) is 71.6 Å². The standard InChI is InChI=1S/C36H21ClN2O/c37-30-19-18-28-32-27(17-16-26(33(30)32)23-12-6-2-7-13-23)35-38-34-29(24-14-8-3-9-15-24)20-25(22-10-4-1-5-11-22)21-31(34)39(35)36(28)40/h1-21H. The Bertz CT molecular complexity index is 2280. The Labute approximate surface area is 234 Å². The van der Waals surface area contributed by atoms with Gasteiger partial charge in [-0.3, -0.25) is 9.20 Å². The largest absolute Gasteiger partial charge is 0.268 e. The number of pyridine rings is 1. The van der Waals surface area contributed by atoms with Crippen molar-refractivity contribution in [3.63, 3.8) is 0 Å². The molecule has 0 fully saturated rings. The van der Waals surface area contributed by atoms with Gasteiger partial charge in [-0.15, -0.1) is 0 Å². The van der Waals surface area contributed by atoms with Crippen LogP contribution in [-0.2, 0) is 0 Å². The first kappa shape index (κ1) is 22.9. The normalized spacial score (nSPS) is 11.7. The smallest absolute Gasteiger partial charge is 0.264 e. The van der Waals surface area contributed by atoms with Crippen LogP contribution < -0.4 is 5.56 Å². The lowest BCUT2D eigenvalue weighted by Crippen LogP contribution is -2.13. The van der Waals surface area contributed by atoms with Gasteiger partial charge in [0.25, 0.3) is 5.56 Å². The Balaban J connectivity index is 1.55. The number of fused-ring (bicyclic) bond motifs is 4. The number of imidazole rings is 1. The Morgan fingerprint density at radius 1 is 0.550 bits per heavy atom. The lowest BCUT2D eigenvalue weighted by atomic mass is 9.94. The Hall–Kier alpha value is -4.99. The fraction of sp³-hybridized carbons (Fsp3) is 0. The second kappa shape index (κ2) is 8.77. The molecule has 0 spiro atoms. The first-order valence-corrected chi connectivity index (χ1v) is 13.6. The third kappa shape index (κ3) is 3.32. The maximum Gasteiger partial charge on any atom is 0.264 e. The third-order valence-corrected chi connectivity index (χ3v) is 8.14. The summed E-state index contributed by atoms with van der Waals surface area (Å²) in [6.07, 6.45) is 0. The molecule has 6 aromatic carbocycles. The zero-order valence-corrected chi connectivity index (χ0v) is 22.1. The van der Waals surface area contributed by atoms with Crippen LogP contribution in [0.3, 0.4) is 0 Å². The number of aromatic nitrogens is 2. The Kier molecular flexibility index (Phi) is 5.03. The Morgan fingerprint density at radius 2 is 1.15 bits per heavy atom. The summed E-state index contributed by atoms with van der Waals surface area (Å²) in [5.41, 5.74) is 8.36. The molecule has 40 heavy (non-hydrogen) atoms. The molecule has 0 bridgehead atoms. The van der Waals surface area contributed by atoms with Crippen LogP contribution in [0.15, 0.2) is 132 Å². The molecular weight excluding hydrogens is 512 g/mol. The van der Waals surface area contributed by atoms with Gasteiger partial charge in [0.2, 0.25) is 0 Å². The number of nitrogens with zero attached hydrogens (tertiary/aromatic N) is 2. The van der Waals surface area contributed by atoms with Crippen molar-refractivity contribution in [3.05, 3.63) is 143 Å². The van der Waals surface area contributed by atoms with Crippen molar-refractivity contribution in [2.24, 2.45) is 0 Å². The van der Waals surface area contributed by atoms with Crippen molar-refractivity contribution in [1.82, 2.24) is 9.38 Å². The summed E-state index contributed by atoms with van der Waals surface area (Å²) < 4.78 is 1.78. The van der Waals surface area contributed by atoms with Gasteiger partial charge in [0.05, 0.1) is 11.0 Å². The summed E-state index contributed by atoms with van der Waals surface area (Å²) in [6, 6.07) is 42.8. The van der Waals surface area contributed by atoms with Crippen LogP contribution in [0.5, 0.6) is 0 Å². The minimum Gasteiger partial charge on any atom is -0.268 e. The van der Waals surface area contributed by atoms with E-state index in [1.165, 1.54) is 0 Å². The molecule has 4 heteroatoms. The molecule has 0 aliphatic heterocycles. The highest BCUT2D eigenvalue weighted by Crippen LogP contribution is 2.41. The second-order valence-electron chi connectivity index (χ2n) is 10.1. The second-order valence-corrected chi connectivity index (χ2v) is 10.5. The predicted octanol–water partition coefficient (Wildman–Crippen LogP) is 9.25. The summed E-state index contributed by atoms with van der Waals surface area (Å²) >= 11 is 6.85. The van der Waals surface area contributed by atoms with E-state index in [1.807, 2.05) is 66.7 Å². The van der Waals surface area contributed by atoms with E-state index in [2.05, 4.69) is 60.7 Å². The van der Waals surface area contributed by atoms with E-state index in [9.17, 15) is 4.79 Å². The quantitative estimate of drug-likeness (QED) is 0.227. The van der Waals surface area contributed by atoms with Gasteiger partial charge in [0, 0.05) is 32.1 Å². The zero-order chi connectivity index (χ0) is 26.8. The van der Waals surface area contributed by atoms with E-state index in [-0.39, 0.29) is 5.56 Å². The molecule has 0 atom stereocenters. The number of rotatable bonds is 3. The van der Waals surface area contributed by atoms with Crippen LogP contribution in [0, 0.1) is 0 Å². The van der Waals surface area contributed by atoms with Gasteiger partial charge in [0.1, 0.15) is 5.65 Å². The number of halogens is 1. The summed E-state index contributed by atoms with van der Waals surface area (Å²) in [7, 11) is 0. The van der Waals surface area contributed by atoms with Crippen LogP contribution in [-0.4, -0.2) is 9.38 Å². The minimum atomic E-state index is -0.0962. The molecule has 0 amide bonds. The summed E-state index contributed by atoms with van der Waals surface area (Å²) in [5.74, 6) is 0. The number of hydrogen-bond acceptors (Lipinski definition) is 2. The van der Waals surface area contributed by atoms with E-state index in [0.717, 1.165) is 60.6 Å². The predicted molar refractivity (Wildman–Crippen MR) is 166 cm³/mol. The molecule has 2 aromatic heterocycles. The molecule has 0 unspecified atom stereocenters. The van der Waals surface area contributed by atoms with Crippen LogP contribution in [0.2, 0.25) is 5.02 Å². The van der Waals surface area contributed by atoms with Gasteiger partial charge in [0.15, 0.2) is 0 Å². The fourth-order valence-electron chi connectivity index (χ4n) is 6.00. The highest BCUT2D eigenvalue weighted by Gasteiger charge is 2.21. The Morgan fingerprint density at radius 3 is 1.82 bits per heavy atom. The van der Waals surface area contributed by atoms with Gasteiger partial charge in [-0.2, -0.15) is 0 Å².